The van der Waals surface area contributed by atoms with Crippen LogP contribution in [-0.2, 0) is 11.2 Å². The second-order valence-corrected chi connectivity index (χ2v) is 6.61. The minimum absolute atomic E-state index is 0.0833. The summed E-state index contributed by atoms with van der Waals surface area (Å²) < 4.78 is 5.12. The predicted octanol–water partition coefficient (Wildman–Crippen LogP) is 4.19. The average molecular weight is 350 g/mol. The molecule has 0 fully saturated rings. The lowest BCUT2D eigenvalue weighted by Gasteiger charge is -2.06. The number of benzene rings is 2. The van der Waals surface area contributed by atoms with E-state index in [0.717, 1.165) is 27.8 Å². The molecular formula is C18H20ClNO2S. The van der Waals surface area contributed by atoms with E-state index in [1.165, 1.54) is 5.56 Å². The third-order valence-corrected chi connectivity index (χ3v) is 4.57. The molecule has 0 aliphatic heterocycles. The van der Waals surface area contributed by atoms with Gasteiger partial charge in [0.15, 0.2) is 0 Å². The van der Waals surface area contributed by atoms with Crippen molar-refractivity contribution in [1.29, 1.82) is 0 Å². The number of thioether (sulfide) groups is 1. The Hall–Kier alpha value is -1.65. The summed E-state index contributed by atoms with van der Waals surface area (Å²) in [6.45, 7) is 0.650. The molecule has 2 aromatic rings. The lowest BCUT2D eigenvalue weighted by atomic mass is 10.1. The molecule has 1 amide bonds. The molecule has 0 aliphatic carbocycles. The van der Waals surface area contributed by atoms with E-state index in [2.05, 4.69) is 5.32 Å². The van der Waals surface area contributed by atoms with E-state index < -0.39 is 0 Å². The van der Waals surface area contributed by atoms with E-state index in [1.807, 2.05) is 48.5 Å². The molecule has 0 radical (unpaired) electrons. The van der Waals surface area contributed by atoms with Gasteiger partial charge >= 0.3 is 0 Å². The number of amides is 1. The van der Waals surface area contributed by atoms with Gasteiger partial charge in [-0.3, -0.25) is 4.79 Å². The predicted molar refractivity (Wildman–Crippen MR) is 96.5 cm³/mol. The molecule has 2 aromatic carbocycles. The van der Waals surface area contributed by atoms with E-state index >= 15 is 0 Å². The minimum atomic E-state index is 0.0833. The van der Waals surface area contributed by atoms with E-state index in [0.29, 0.717) is 13.0 Å². The van der Waals surface area contributed by atoms with Crippen LogP contribution >= 0.6 is 23.4 Å². The van der Waals surface area contributed by atoms with Crippen molar-refractivity contribution in [3.63, 3.8) is 0 Å². The summed E-state index contributed by atoms with van der Waals surface area (Å²) in [6.07, 6.45) is 1.33. The fraction of sp³-hybridized carbons (Fsp3) is 0.278. The van der Waals surface area contributed by atoms with Crippen LogP contribution in [0.2, 0.25) is 5.02 Å². The lowest BCUT2D eigenvalue weighted by Crippen LogP contribution is -2.25. The SMILES string of the molecule is COc1ccc(CCNC(=O)CCSc2ccc(Cl)cc2)cc1. The van der Waals surface area contributed by atoms with Crippen LogP contribution in [0, 0.1) is 0 Å². The number of hydrogen-bond acceptors (Lipinski definition) is 3. The molecule has 0 saturated heterocycles. The lowest BCUT2D eigenvalue weighted by molar-refractivity contribution is -0.120. The number of carbonyl (C=O) groups excluding carboxylic acids is 1. The zero-order valence-electron chi connectivity index (χ0n) is 13.0. The number of nitrogens with one attached hydrogen (secondary N) is 1. The summed E-state index contributed by atoms with van der Waals surface area (Å²) in [4.78, 5) is 12.9. The fourth-order valence-electron chi connectivity index (χ4n) is 2.02. The first-order chi connectivity index (χ1) is 11.2. The van der Waals surface area contributed by atoms with Gasteiger partial charge in [0.05, 0.1) is 7.11 Å². The standard InChI is InChI=1S/C18H20ClNO2S/c1-22-16-6-2-14(3-7-16)10-12-20-18(21)11-13-23-17-8-4-15(19)5-9-17/h2-9H,10-13H2,1H3,(H,20,21). The van der Waals surface area contributed by atoms with Crippen molar-refractivity contribution in [1.82, 2.24) is 5.32 Å². The Balaban J connectivity index is 1.62. The maximum absolute atomic E-state index is 11.8. The van der Waals surface area contributed by atoms with Crippen LogP contribution in [0.3, 0.4) is 0 Å². The summed E-state index contributed by atoms with van der Waals surface area (Å²) in [5, 5.41) is 3.68. The molecule has 0 aliphatic rings. The van der Waals surface area contributed by atoms with Crippen molar-refractivity contribution in [3.8, 4) is 5.75 Å². The van der Waals surface area contributed by atoms with Crippen LogP contribution < -0.4 is 10.1 Å². The second-order valence-electron chi connectivity index (χ2n) is 5.00. The molecule has 0 atom stereocenters. The topological polar surface area (TPSA) is 38.3 Å². The number of halogens is 1. The van der Waals surface area contributed by atoms with E-state index in [9.17, 15) is 4.79 Å². The largest absolute Gasteiger partial charge is 0.497 e. The normalized spacial score (nSPS) is 10.3. The second kappa shape index (κ2) is 9.48. The maximum atomic E-state index is 11.8. The Kier molecular flexibility index (Phi) is 7.30. The zero-order valence-corrected chi connectivity index (χ0v) is 14.6. The van der Waals surface area contributed by atoms with Gasteiger partial charge < -0.3 is 10.1 Å². The highest BCUT2D eigenvalue weighted by Crippen LogP contribution is 2.20. The van der Waals surface area contributed by atoms with Crippen LogP contribution in [0.5, 0.6) is 5.75 Å². The van der Waals surface area contributed by atoms with E-state index in [4.69, 9.17) is 16.3 Å². The van der Waals surface area contributed by atoms with Crippen LogP contribution in [-0.4, -0.2) is 25.3 Å². The van der Waals surface area contributed by atoms with E-state index in [-0.39, 0.29) is 5.91 Å². The third-order valence-electron chi connectivity index (χ3n) is 3.31. The van der Waals surface area contributed by atoms with Crippen molar-refractivity contribution in [2.75, 3.05) is 19.4 Å². The molecule has 2 rings (SSSR count). The molecule has 122 valence electrons. The van der Waals surface area contributed by atoms with Gasteiger partial charge in [-0.1, -0.05) is 23.7 Å². The van der Waals surface area contributed by atoms with Gasteiger partial charge in [0, 0.05) is 28.6 Å². The van der Waals surface area contributed by atoms with Gasteiger partial charge in [-0.25, -0.2) is 0 Å². The third kappa shape index (κ3) is 6.55. The number of carbonyl (C=O) groups is 1. The summed E-state index contributed by atoms with van der Waals surface area (Å²) >= 11 is 7.50. The van der Waals surface area contributed by atoms with Gasteiger partial charge in [-0.2, -0.15) is 0 Å². The molecule has 0 bridgehead atoms. The van der Waals surface area contributed by atoms with Crippen molar-refractivity contribution < 1.29 is 9.53 Å². The molecule has 0 aromatic heterocycles. The molecule has 5 heteroatoms. The first-order valence-corrected chi connectivity index (χ1v) is 8.82. The maximum Gasteiger partial charge on any atom is 0.220 e. The smallest absolute Gasteiger partial charge is 0.220 e. The van der Waals surface area contributed by atoms with Crippen LogP contribution in [0.15, 0.2) is 53.4 Å². The van der Waals surface area contributed by atoms with Gasteiger partial charge in [-0.15, -0.1) is 11.8 Å². The summed E-state index contributed by atoms with van der Waals surface area (Å²) in [6, 6.07) is 15.5. The minimum Gasteiger partial charge on any atom is -0.497 e. The monoisotopic (exact) mass is 349 g/mol. The van der Waals surface area contributed by atoms with Crippen LogP contribution in [0.4, 0.5) is 0 Å². The van der Waals surface area contributed by atoms with Crippen molar-refractivity contribution >= 4 is 29.3 Å². The molecule has 1 N–H and O–H groups in total. The Bertz CT molecular complexity index is 614. The van der Waals surface area contributed by atoms with Crippen molar-refractivity contribution in [3.05, 3.63) is 59.1 Å². The number of methoxy groups -OCH3 is 1. The summed E-state index contributed by atoms with van der Waals surface area (Å²) in [7, 11) is 1.65. The highest BCUT2D eigenvalue weighted by Gasteiger charge is 2.02. The first kappa shape index (κ1) is 17.7. The van der Waals surface area contributed by atoms with Crippen LogP contribution in [0.1, 0.15) is 12.0 Å². The molecule has 0 saturated carbocycles. The molecular weight excluding hydrogens is 330 g/mol. The fourth-order valence-corrected chi connectivity index (χ4v) is 3.00. The molecule has 3 nitrogen and oxygen atoms in total. The molecule has 23 heavy (non-hydrogen) atoms. The Morgan fingerprint density at radius 2 is 1.83 bits per heavy atom. The van der Waals surface area contributed by atoms with Crippen molar-refractivity contribution in [2.24, 2.45) is 0 Å². The van der Waals surface area contributed by atoms with Gasteiger partial charge in [0.25, 0.3) is 0 Å². The Morgan fingerprint density at radius 3 is 2.48 bits per heavy atom. The number of ether oxygens (including phenoxy) is 1. The average Bonchev–Trinajstić information content (AvgIpc) is 2.57. The number of rotatable bonds is 8. The van der Waals surface area contributed by atoms with Gasteiger partial charge in [-0.05, 0) is 48.4 Å². The Morgan fingerprint density at radius 1 is 1.13 bits per heavy atom. The number of hydrogen-bond donors (Lipinski definition) is 1. The van der Waals surface area contributed by atoms with Gasteiger partial charge in [0.2, 0.25) is 5.91 Å². The summed E-state index contributed by atoms with van der Waals surface area (Å²) in [5.41, 5.74) is 1.18. The molecule has 0 heterocycles. The van der Waals surface area contributed by atoms with Gasteiger partial charge in [0.1, 0.15) is 5.75 Å². The highest BCUT2D eigenvalue weighted by molar-refractivity contribution is 7.99. The molecule has 0 spiro atoms. The summed E-state index contributed by atoms with van der Waals surface area (Å²) in [5.74, 6) is 1.69. The van der Waals surface area contributed by atoms with E-state index in [1.54, 1.807) is 18.9 Å². The highest BCUT2D eigenvalue weighted by atomic mass is 35.5. The Labute approximate surface area is 146 Å². The van der Waals surface area contributed by atoms with Crippen molar-refractivity contribution in [2.45, 2.75) is 17.7 Å². The molecule has 0 unspecified atom stereocenters. The zero-order chi connectivity index (χ0) is 16.5. The quantitative estimate of drug-likeness (QED) is 0.726. The first-order valence-electron chi connectivity index (χ1n) is 7.45. The van der Waals surface area contributed by atoms with Crippen LogP contribution in [0.25, 0.3) is 0 Å².